The molecule has 0 saturated carbocycles. The number of carbonyl (C=O) groups is 1. The van der Waals surface area contributed by atoms with E-state index in [0.29, 0.717) is 5.69 Å². The van der Waals surface area contributed by atoms with Gasteiger partial charge in [-0.15, -0.1) is 0 Å². The normalized spacial score (nSPS) is 12.3. The number of hydrogen-bond donors (Lipinski definition) is 1. The van der Waals surface area contributed by atoms with Crippen molar-refractivity contribution in [2.75, 3.05) is 5.73 Å². The topological polar surface area (TPSA) is 70.1 Å². The molecule has 2 N–H and O–H groups in total. The molecule has 1 atom stereocenters. The second-order valence-electron chi connectivity index (χ2n) is 4.62. The molecule has 0 aliphatic rings. The summed E-state index contributed by atoms with van der Waals surface area (Å²) in [5.41, 5.74) is 6.07. The van der Waals surface area contributed by atoms with Crippen molar-refractivity contribution in [3.8, 4) is 0 Å². The van der Waals surface area contributed by atoms with Gasteiger partial charge in [0.25, 0.3) is 0 Å². The molecule has 1 unspecified atom stereocenters. The lowest BCUT2D eigenvalue weighted by molar-refractivity contribution is -0.149. The average molecular weight is 253 g/mol. The predicted molar refractivity (Wildman–Crippen MR) is 71.0 cm³/mol. The monoisotopic (exact) mass is 253 g/mol. The number of anilines is 1. The standard InChI is InChI=1S/C13H23N3O2/c1-3-4-5-6-7-11(2)18-13(17)10-16-9-12(14)8-15-16/h8-9,11H,3-7,10,14H2,1-2H3. The van der Waals surface area contributed by atoms with Crippen molar-refractivity contribution in [3.05, 3.63) is 12.4 Å². The van der Waals surface area contributed by atoms with E-state index >= 15 is 0 Å². The predicted octanol–water partition coefficient (Wildman–Crippen LogP) is 2.37. The summed E-state index contributed by atoms with van der Waals surface area (Å²) in [5, 5.41) is 3.94. The second kappa shape index (κ2) is 7.74. The van der Waals surface area contributed by atoms with Gasteiger partial charge in [0.15, 0.2) is 0 Å². The molecule has 0 saturated heterocycles. The van der Waals surface area contributed by atoms with Gasteiger partial charge in [0.05, 0.1) is 18.0 Å². The average Bonchev–Trinajstić information content (AvgIpc) is 2.70. The largest absolute Gasteiger partial charge is 0.461 e. The first-order valence-electron chi connectivity index (χ1n) is 6.59. The van der Waals surface area contributed by atoms with Gasteiger partial charge in [0.2, 0.25) is 0 Å². The van der Waals surface area contributed by atoms with Gasteiger partial charge >= 0.3 is 5.97 Å². The maximum Gasteiger partial charge on any atom is 0.328 e. The first-order valence-corrected chi connectivity index (χ1v) is 6.59. The molecular weight excluding hydrogens is 230 g/mol. The molecule has 0 aliphatic carbocycles. The smallest absolute Gasteiger partial charge is 0.328 e. The summed E-state index contributed by atoms with van der Waals surface area (Å²) in [7, 11) is 0. The highest BCUT2D eigenvalue weighted by Crippen LogP contribution is 2.08. The molecule has 0 spiro atoms. The summed E-state index contributed by atoms with van der Waals surface area (Å²) in [6, 6.07) is 0. The van der Waals surface area contributed by atoms with Crippen molar-refractivity contribution in [1.82, 2.24) is 9.78 Å². The number of nitrogens with zero attached hydrogens (tertiary/aromatic N) is 2. The van der Waals surface area contributed by atoms with Gasteiger partial charge in [-0.1, -0.05) is 26.2 Å². The molecule has 102 valence electrons. The Balaban J connectivity index is 2.19. The second-order valence-corrected chi connectivity index (χ2v) is 4.62. The van der Waals surface area contributed by atoms with Crippen LogP contribution >= 0.6 is 0 Å². The molecule has 1 aromatic rings. The highest BCUT2D eigenvalue weighted by atomic mass is 16.5. The molecule has 5 nitrogen and oxygen atoms in total. The first kappa shape index (κ1) is 14.5. The summed E-state index contributed by atoms with van der Waals surface area (Å²) in [5.74, 6) is -0.263. The Kier molecular flexibility index (Phi) is 6.25. The van der Waals surface area contributed by atoms with Crippen LogP contribution in [0.3, 0.4) is 0 Å². The molecule has 5 heteroatoms. The maximum absolute atomic E-state index is 11.6. The first-order chi connectivity index (χ1) is 8.61. The molecular formula is C13H23N3O2. The Morgan fingerprint density at radius 1 is 1.50 bits per heavy atom. The number of unbranched alkanes of at least 4 members (excludes halogenated alkanes) is 3. The van der Waals surface area contributed by atoms with E-state index in [2.05, 4.69) is 12.0 Å². The fourth-order valence-corrected chi connectivity index (χ4v) is 1.78. The zero-order valence-corrected chi connectivity index (χ0v) is 11.3. The van der Waals surface area contributed by atoms with Gasteiger partial charge in [-0.3, -0.25) is 9.48 Å². The number of carbonyl (C=O) groups excluding carboxylic acids is 1. The molecule has 18 heavy (non-hydrogen) atoms. The van der Waals surface area contributed by atoms with E-state index in [9.17, 15) is 4.79 Å². The Labute approximate surface area is 108 Å². The molecule has 0 radical (unpaired) electrons. The third-order valence-corrected chi connectivity index (χ3v) is 2.74. The van der Waals surface area contributed by atoms with Crippen LogP contribution in [0.2, 0.25) is 0 Å². The van der Waals surface area contributed by atoms with Crippen LogP contribution < -0.4 is 5.73 Å². The number of ether oxygens (including phenoxy) is 1. The zero-order valence-electron chi connectivity index (χ0n) is 11.3. The molecule has 0 amide bonds. The minimum Gasteiger partial charge on any atom is -0.461 e. The van der Waals surface area contributed by atoms with Crippen molar-refractivity contribution in [2.24, 2.45) is 0 Å². The number of esters is 1. The van der Waals surface area contributed by atoms with E-state index in [1.807, 2.05) is 6.92 Å². The van der Waals surface area contributed by atoms with Crippen molar-refractivity contribution >= 4 is 11.7 Å². The van der Waals surface area contributed by atoms with Crippen LogP contribution in [0, 0.1) is 0 Å². The van der Waals surface area contributed by atoms with Crippen molar-refractivity contribution in [1.29, 1.82) is 0 Å². The van der Waals surface area contributed by atoms with E-state index in [-0.39, 0.29) is 18.6 Å². The van der Waals surface area contributed by atoms with Crippen LogP contribution in [0.25, 0.3) is 0 Å². The third-order valence-electron chi connectivity index (χ3n) is 2.74. The van der Waals surface area contributed by atoms with Crippen molar-refractivity contribution in [3.63, 3.8) is 0 Å². The SMILES string of the molecule is CCCCCCC(C)OC(=O)Cn1cc(N)cn1. The number of rotatable bonds is 8. The molecule has 1 heterocycles. The summed E-state index contributed by atoms with van der Waals surface area (Å²) in [4.78, 5) is 11.6. The van der Waals surface area contributed by atoms with Crippen LogP contribution in [0.4, 0.5) is 5.69 Å². The zero-order chi connectivity index (χ0) is 13.4. The molecule has 0 bridgehead atoms. The summed E-state index contributed by atoms with van der Waals surface area (Å²) < 4.78 is 6.79. The van der Waals surface area contributed by atoms with Crippen LogP contribution in [-0.4, -0.2) is 21.9 Å². The third kappa shape index (κ3) is 5.70. The lowest BCUT2D eigenvalue weighted by Crippen LogP contribution is -2.19. The van der Waals surface area contributed by atoms with E-state index < -0.39 is 0 Å². The molecule has 1 aromatic heterocycles. The lowest BCUT2D eigenvalue weighted by atomic mass is 10.1. The van der Waals surface area contributed by atoms with Gasteiger partial charge in [-0.2, -0.15) is 5.10 Å². The van der Waals surface area contributed by atoms with Gasteiger partial charge in [-0.05, 0) is 19.8 Å². The summed E-state index contributed by atoms with van der Waals surface area (Å²) >= 11 is 0. The van der Waals surface area contributed by atoms with E-state index in [1.54, 1.807) is 6.20 Å². The van der Waals surface area contributed by atoms with Gasteiger partial charge in [-0.25, -0.2) is 0 Å². The fraction of sp³-hybridized carbons (Fsp3) is 0.692. The number of nitrogen functional groups attached to an aromatic ring is 1. The van der Waals surface area contributed by atoms with Crippen LogP contribution in [0.5, 0.6) is 0 Å². The van der Waals surface area contributed by atoms with E-state index in [0.717, 1.165) is 12.8 Å². The summed E-state index contributed by atoms with van der Waals surface area (Å²) in [6.45, 7) is 4.23. The van der Waals surface area contributed by atoms with Crippen molar-refractivity contribution < 1.29 is 9.53 Å². The Morgan fingerprint density at radius 3 is 2.89 bits per heavy atom. The molecule has 0 fully saturated rings. The molecule has 0 aliphatic heterocycles. The van der Waals surface area contributed by atoms with Crippen LogP contribution in [-0.2, 0) is 16.1 Å². The molecule has 0 aromatic carbocycles. The van der Waals surface area contributed by atoms with E-state index in [4.69, 9.17) is 10.5 Å². The van der Waals surface area contributed by atoms with Gasteiger partial charge in [0.1, 0.15) is 6.54 Å². The molecule has 1 rings (SSSR count). The van der Waals surface area contributed by atoms with Crippen LogP contribution in [0.1, 0.15) is 46.0 Å². The lowest BCUT2D eigenvalue weighted by Gasteiger charge is -2.13. The minimum absolute atomic E-state index is 0.0257. The van der Waals surface area contributed by atoms with Gasteiger partial charge < -0.3 is 10.5 Å². The highest BCUT2D eigenvalue weighted by Gasteiger charge is 2.10. The van der Waals surface area contributed by atoms with Crippen molar-refractivity contribution in [2.45, 2.75) is 58.6 Å². The minimum atomic E-state index is -0.263. The number of aromatic nitrogens is 2. The Hall–Kier alpha value is -1.52. The van der Waals surface area contributed by atoms with E-state index in [1.165, 1.54) is 30.1 Å². The maximum atomic E-state index is 11.6. The highest BCUT2D eigenvalue weighted by molar-refractivity contribution is 5.69. The Bertz CT molecular complexity index is 363. The number of nitrogens with two attached hydrogens (primary N) is 1. The Morgan fingerprint density at radius 2 is 2.28 bits per heavy atom. The summed E-state index contributed by atoms with van der Waals surface area (Å²) in [6.07, 6.45) is 8.80. The quantitative estimate of drug-likeness (QED) is 0.570. The number of hydrogen-bond acceptors (Lipinski definition) is 4. The van der Waals surface area contributed by atoms with Gasteiger partial charge in [0, 0.05) is 6.20 Å². The van der Waals surface area contributed by atoms with Crippen LogP contribution in [0.15, 0.2) is 12.4 Å². The fourth-order valence-electron chi connectivity index (χ4n) is 1.78.